The van der Waals surface area contributed by atoms with E-state index in [0.717, 1.165) is 22.9 Å². The predicted octanol–water partition coefficient (Wildman–Crippen LogP) is 3.97. The van der Waals surface area contributed by atoms with E-state index in [2.05, 4.69) is 27.4 Å². The van der Waals surface area contributed by atoms with Crippen molar-refractivity contribution in [3.8, 4) is 0 Å². The number of thiophene rings is 1. The van der Waals surface area contributed by atoms with Crippen LogP contribution in [0.5, 0.6) is 0 Å². The lowest BCUT2D eigenvalue weighted by atomic mass is 9.97. The van der Waals surface area contributed by atoms with Crippen LogP contribution in [0.3, 0.4) is 0 Å². The number of thiazole rings is 1. The molecule has 0 saturated carbocycles. The molecule has 2 N–H and O–H groups in total. The number of nitrogens with one attached hydrogen (secondary N) is 2. The Morgan fingerprint density at radius 3 is 2.71 bits per heavy atom. The molecule has 34 heavy (non-hydrogen) atoms. The number of pyridine rings is 1. The molecular formula is C23H23N5O3S3. The molecule has 0 radical (unpaired) electrons. The van der Waals surface area contributed by atoms with Gasteiger partial charge in [0.25, 0.3) is 17.7 Å². The van der Waals surface area contributed by atoms with Gasteiger partial charge in [0.05, 0.1) is 16.1 Å². The molecule has 0 bridgehead atoms. The van der Waals surface area contributed by atoms with Gasteiger partial charge in [0.15, 0.2) is 0 Å². The number of aromatic nitrogens is 2. The van der Waals surface area contributed by atoms with Crippen molar-refractivity contribution in [1.29, 1.82) is 0 Å². The van der Waals surface area contributed by atoms with E-state index >= 15 is 0 Å². The maximum absolute atomic E-state index is 13.1. The molecule has 1 aliphatic rings. The topological polar surface area (TPSA) is 104 Å². The molecule has 11 heteroatoms. The third-order valence-electron chi connectivity index (χ3n) is 5.30. The molecule has 0 atom stereocenters. The van der Waals surface area contributed by atoms with Gasteiger partial charge < -0.3 is 4.90 Å². The largest absolute Gasteiger partial charge is 0.339 e. The predicted molar refractivity (Wildman–Crippen MR) is 134 cm³/mol. The number of hydrogen-bond donors (Lipinski definition) is 2. The third kappa shape index (κ3) is 5.72. The van der Waals surface area contributed by atoms with Crippen molar-refractivity contribution in [2.45, 2.75) is 23.8 Å². The second kappa shape index (κ2) is 11.4. The molecule has 0 unspecified atom stereocenters. The van der Waals surface area contributed by atoms with Crippen molar-refractivity contribution in [3.63, 3.8) is 0 Å². The summed E-state index contributed by atoms with van der Waals surface area (Å²) in [6.45, 7) is 4.95. The maximum Gasteiger partial charge on any atom is 0.289 e. The molecule has 4 rings (SSSR count). The summed E-state index contributed by atoms with van der Waals surface area (Å²) in [4.78, 5) is 48.1. The van der Waals surface area contributed by atoms with Crippen LogP contribution in [0.4, 0.5) is 0 Å². The minimum Gasteiger partial charge on any atom is -0.339 e. The normalized spacial score (nSPS) is 13.9. The molecule has 3 amide bonds. The molecule has 0 aliphatic carbocycles. The summed E-state index contributed by atoms with van der Waals surface area (Å²) in [7, 11) is 0. The van der Waals surface area contributed by atoms with Crippen molar-refractivity contribution >= 4 is 52.2 Å². The van der Waals surface area contributed by atoms with Crippen molar-refractivity contribution in [3.05, 3.63) is 75.0 Å². The Bertz CT molecular complexity index is 1170. The zero-order valence-electron chi connectivity index (χ0n) is 18.2. The van der Waals surface area contributed by atoms with E-state index < -0.39 is 5.91 Å². The Hall–Kier alpha value is -3.02. The monoisotopic (exact) mass is 513 g/mol. The van der Waals surface area contributed by atoms with Gasteiger partial charge in [0, 0.05) is 41.7 Å². The number of hydrazine groups is 1. The summed E-state index contributed by atoms with van der Waals surface area (Å²) in [5.74, 6) is 0.0246. The number of amides is 3. The molecule has 8 nitrogen and oxygen atoms in total. The summed E-state index contributed by atoms with van der Waals surface area (Å²) in [5, 5.41) is 6.77. The van der Waals surface area contributed by atoms with Crippen molar-refractivity contribution in [2.24, 2.45) is 0 Å². The highest BCUT2D eigenvalue weighted by Gasteiger charge is 2.28. The lowest BCUT2D eigenvalue weighted by Gasteiger charge is -2.31. The SMILES string of the molecule is C=CCSc1ncccc1C(=O)N1CCC(c2nc(C(=O)NNC(=O)c3ccsc3)cs2)CC1. The van der Waals surface area contributed by atoms with Gasteiger partial charge in [-0.05, 0) is 36.4 Å². The molecule has 176 valence electrons. The fourth-order valence-electron chi connectivity index (χ4n) is 3.53. The first-order chi connectivity index (χ1) is 16.6. The second-order valence-electron chi connectivity index (χ2n) is 7.51. The number of carbonyl (C=O) groups is 3. The summed E-state index contributed by atoms with van der Waals surface area (Å²) >= 11 is 4.33. The Kier molecular flexibility index (Phi) is 8.09. The van der Waals surface area contributed by atoms with E-state index in [0.29, 0.717) is 30.0 Å². The summed E-state index contributed by atoms with van der Waals surface area (Å²) in [6, 6.07) is 5.28. The van der Waals surface area contributed by atoms with Gasteiger partial charge in [-0.25, -0.2) is 9.97 Å². The van der Waals surface area contributed by atoms with Gasteiger partial charge in [-0.3, -0.25) is 25.2 Å². The molecule has 0 aromatic carbocycles. The lowest BCUT2D eigenvalue weighted by Crippen LogP contribution is -2.41. The fraction of sp³-hybridized carbons (Fsp3) is 0.261. The quantitative estimate of drug-likeness (QED) is 0.281. The number of likely N-dealkylation sites (tertiary alicyclic amines) is 1. The van der Waals surface area contributed by atoms with Gasteiger partial charge in [0.1, 0.15) is 10.7 Å². The highest BCUT2D eigenvalue weighted by atomic mass is 32.2. The van der Waals surface area contributed by atoms with Crippen molar-refractivity contribution in [1.82, 2.24) is 25.7 Å². The minimum atomic E-state index is -0.458. The third-order valence-corrected chi connectivity index (χ3v) is 7.99. The molecule has 1 fully saturated rings. The number of thioether (sulfide) groups is 1. The number of piperidine rings is 1. The van der Waals surface area contributed by atoms with Crippen LogP contribution < -0.4 is 10.9 Å². The van der Waals surface area contributed by atoms with E-state index in [4.69, 9.17) is 0 Å². The van der Waals surface area contributed by atoms with E-state index in [1.165, 1.54) is 34.4 Å². The van der Waals surface area contributed by atoms with Crippen LogP contribution in [0.2, 0.25) is 0 Å². The average Bonchev–Trinajstić information content (AvgIpc) is 3.59. The zero-order chi connectivity index (χ0) is 23.9. The second-order valence-corrected chi connectivity index (χ2v) is 10.2. The molecule has 4 heterocycles. The summed E-state index contributed by atoms with van der Waals surface area (Å²) < 4.78 is 0. The molecule has 3 aromatic rings. The smallest absolute Gasteiger partial charge is 0.289 e. The van der Waals surface area contributed by atoms with Crippen molar-refractivity contribution in [2.75, 3.05) is 18.8 Å². The Morgan fingerprint density at radius 2 is 1.97 bits per heavy atom. The van der Waals surface area contributed by atoms with E-state index in [-0.39, 0.29) is 23.4 Å². The Morgan fingerprint density at radius 1 is 1.18 bits per heavy atom. The average molecular weight is 514 g/mol. The minimum absolute atomic E-state index is 0.0151. The van der Waals surface area contributed by atoms with Crippen LogP contribution in [0.25, 0.3) is 0 Å². The molecule has 1 saturated heterocycles. The van der Waals surface area contributed by atoms with Gasteiger partial charge in [-0.2, -0.15) is 11.3 Å². The first kappa shape index (κ1) is 24.1. The van der Waals surface area contributed by atoms with Gasteiger partial charge in [-0.15, -0.1) is 29.7 Å². The first-order valence-corrected chi connectivity index (χ1v) is 13.4. The van der Waals surface area contributed by atoms with E-state index in [9.17, 15) is 14.4 Å². The lowest BCUT2D eigenvalue weighted by molar-refractivity contribution is 0.0708. The van der Waals surface area contributed by atoms with Gasteiger partial charge in [-0.1, -0.05) is 6.08 Å². The molecule has 3 aromatic heterocycles. The number of rotatable bonds is 7. The van der Waals surface area contributed by atoms with Crippen LogP contribution in [0.15, 0.2) is 58.2 Å². The molecule has 0 spiro atoms. The summed E-state index contributed by atoms with van der Waals surface area (Å²) in [6.07, 6.45) is 5.02. The summed E-state index contributed by atoms with van der Waals surface area (Å²) in [5.41, 5.74) is 6.18. The van der Waals surface area contributed by atoms with E-state index in [1.807, 2.05) is 11.0 Å². The number of nitrogens with zero attached hydrogens (tertiary/aromatic N) is 3. The van der Waals surface area contributed by atoms with Crippen LogP contribution in [-0.2, 0) is 0 Å². The highest BCUT2D eigenvalue weighted by molar-refractivity contribution is 7.99. The van der Waals surface area contributed by atoms with Crippen LogP contribution in [-0.4, -0.2) is 51.4 Å². The number of hydrogen-bond acceptors (Lipinski definition) is 8. The van der Waals surface area contributed by atoms with Gasteiger partial charge in [0.2, 0.25) is 0 Å². The molecular weight excluding hydrogens is 490 g/mol. The van der Waals surface area contributed by atoms with Crippen LogP contribution >= 0.6 is 34.4 Å². The van der Waals surface area contributed by atoms with Gasteiger partial charge >= 0.3 is 0 Å². The van der Waals surface area contributed by atoms with Crippen molar-refractivity contribution < 1.29 is 14.4 Å². The van der Waals surface area contributed by atoms with E-state index in [1.54, 1.807) is 40.5 Å². The highest BCUT2D eigenvalue weighted by Crippen LogP contribution is 2.31. The molecule has 1 aliphatic heterocycles. The number of carbonyl (C=O) groups excluding carboxylic acids is 3. The zero-order valence-corrected chi connectivity index (χ0v) is 20.7. The maximum atomic E-state index is 13.1. The van der Waals surface area contributed by atoms with Crippen LogP contribution in [0.1, 0.15) is 55.0 Å². The van der Waals surface area contributed by atoms with Crippen LogP contribution in [0, 0.1) is 0 Å². The fourth-order valence-corrected chi connectivity index (χ4v) is 5.86. The first-order valence-electron chi connectivity index (χ1n) is 10.6. The Labute approximate surface area is 209 Å². The Balaban J connectivity index is 1.31. The standard InChI is InChI=1S/C23H23N5O3S3/c1-2-11-33-22-17(4-3-8-24-22)23(31)28-9-5-15(6-10-28)21-25-18(14-34-21)20(30)27-26-19(29)16-7-12-32-13-16/h2-4,7-8,12-15H,1,5-6,9-11H2,(H,26,29)(H,27,30).